The number of amides is 1. The maximum Gasteiger partial charge on any atom is 0.253 e. The Morgan fingerprint density at radius 1 is 1.07 bits per heavy atom. The van der Waals surface area contributed by atoms with Crippen LogP contribution in [0.1, 0.15) is 34.7 Å². The number of carbonyl (C=O) groups excluding carboxylic acids is 1. The number of carbonyl (C=O) groups is 1. The second-order valence-electron chi connectivity index (χ2n) is 7.40. The van der Waals surface area contributed by atoms with E-state index >= 15 is 0 Å². The molecule has 144 valence electrons. The van der Waals surface area contributed by atoms with Crippen molar-refractivity contribution in [1.29, 1.82) is 0 Å². The van der Waals surface area contributed by atoms with E-state index in [2.05, 4.69) is 9.55 Å². The van der Waals surface area contributed by atoms with Crippen LogP contribution in [0, 0.1) is 6.92 Å². The van der Waals surface area contributed by atoms with Crippen molar-refractivity contribution < 1.29 is 13.2 Å². The molecular formula is C19H24N4O3S. The van der Waals surface area contributed by atoms with Crippen molar-refractivity contribution in [2.24, 2.45) is 0 Å². The average molecular weight is 388 g/mol. The van der Waals surface area contributed by atoms with E-state index in [0.717, 1.165) is 11.5 Å². The number of benzene rings is 1. The molecule has 0 radical (unpaired) electrons. The minimum atomic E-state index is -3.38. The molecule has 0 bridgehead atoms. The van der Waals surface area contributed by atoms with Crippen LogP contribution < -0.4 is 0 Å². The highest BCUT2D eigenvalue weighted by atomic mass is 32.2. The van der Waals surface area contributed by atoms with Gasteiger partial charge in [0.15, 0.2) is 0 Å². The molecular weight excluding hydrogens is 364 g/mol. The summed E-state index contributed by atoms with van der Waals surface area (Å²) in [5.41, 5.74) is 1.03. The Bertz CT molecular complexity index is 960. The summed E-state index contributed by atoms with van der Waals surface area (Å²) in [6.07, 6.45) is 4.18. The van der Waals surface area contributed by atoms with Gasteiger partial charge in [0.05, 0.1) is 11.8 Å². The fraction of sp³-hybridized carbons (Fsp3) is 0.474. The molecule has 2 aliphatic heterocycles. The Labute approximate surface area is 159 Å². The van der Waals surface area contributed by atoms with Crippen LogP contribution in [-0.4, -0.2) is 59.0 Å². The molecule has 1 aromatic carbocycles. The van der Waals surface area contributed by atoms with Gasteiger partial charge in [-0.3, -0.25) is 4.79 Å². The fourth-order valence-electron chi connectivity index (χ4n) is 4.43. The zero-order valence-electron chi connectivity index (χ0n) is 15.6. The molecule has 8 heteroatoms. The third-order valence-corrected chi connectivity index (χ3v) is 7.11. The summed E-state index contributed by atoms with van der Waals surface area (Å²) in [4.78, 5) is 19.2. The normalized spacial score (nSPS) is 19.9. The number of sulfonamides is 1. The third kappa shape index (κ3) is 2.96. The van der Waals surface area contributed by atoms with Gasteiger partial charge >= 0.3 is 0 Å². The Hall–Kier alpha value is -2.19. The van der Waals surface area contributed by atoms with Crippen LogP contribution in [0.3, 0.4) is 0 Å². The number of aromatic nitrogens is 2. The number of nitrogens with zero attached hydrogens (tertiary/aromatic N) is 4. The molecule has 7 nitrogen and oxygen atoms in total. The van der Waals surface area contributed by atoms with Crippen LogP contribution in [0.25, 0.3) is 0 Å². The van der Waals surface area contributed by atoms with Gasteiger partial charge in [0.25, 0.3) is 5.91 Å². The number of piperidine rings is 1. The molecule has 0 atom stereocenters. The standard InChI is InChI=1S/C19H24N4O3S/c1-15-14-20-18-19(23(27(2,25)26)13-12-22(15)18)8-10-21(11-9-19)17(24)16-6-4-3-5-7-16/h3-7,14H,8-13H2,1-2H3. The Balaban J connectivity index is 1.65. The Morgan fingerprint density at radius 3 is 2.37 bits per heavy atom. The van der Waals surface area contributed by atoms with Crippen molar-refractivity contribution in [2.45, 2.75) is 31.8 Å². The van der Waals surface area contributed by atoms with E-state index in [-0.39, 0.29) is 5.91 Å². The van der Waals surface area contributed by atoms with E-state index < -0.39 is 15.6 Å². The van der Waals surface area contributed by atoms with Gasteiger partial charge in [-0.25, -0.2) is 13.4 Å². The van der Waals surface area contributed by atoms with E-state index in [1.54, 1.807) is 4.31 Å². The van der Waals surface area contributed by atoms with E-state index in [1.165, 1.54) is 6.26 Å². The van der Waals surface area contributed by atoms with Crippen LogP contribution >= 0.6 is 0 Å². The van der Waals surface area contributed by atoms with Gasteiger partial charge in [-0.2, -0.15) is 4.31 Å². The van der Waals surface area contributed by atoms with Crippen LogP contribution in [0.15, 0.2) is 36.5 Å². The predicted molar refractivity (Wildman–Crippen MR) is 102 cm³/mol. The summed E-state index contributed by atoms with van der Waals surface area (Å²) in [6.45, 7) is 4.06. The zero-order valence-corrected chi connectivity index (χ0v) is 16.4. The number of likely N-dealkylation sites (tertiary alicyclic amines) is 1. The molecule has 27 heavy (non-hydrogen) atoms. The van der Waals surface area contributed by atoms with Crippen molar-refractivity contribution in [2.75, 3.05) is 25.9 Å². The highest BCUT2D eigenvalue weighted by Crippen LogP contribution is 2.42. The lowest BCUT2D eigenvalue weighted by Gasteiger charge is -2.49. The topological polar surface area (TPSA) is 75.5 Å². The van der Waals surface area contributed by atoms with Crippen molar-refractivity contribution in [3.05, 3.63) is 53.6 Å². The molecule has 0 unspecified atom stereocenters. The first-order chi connectivity index (χ1) is 12.8. The van der Waals surface area contributed by atoms with Gasteiger partial charge in [0, 0.05) is 43.6 Å². The molecule has 2 aliphatic rings. The minimum absolute atomic E-state index is 0.00770. The number of imidazole rings is 1. The summed E-state index contributed by atoms with van der Waals surface area (Å²) in [5.74, 6) is 0.801. The third-order valence-electron chi connectivity index (χ3n) is 5.77. The van der Waals surface area contributed by atoms with Gasteiger partial charge in [0.1, 0.15) is 5.82 Å². The van der Waals surface area contributed by atoms with Crippen LogP contribution in [0.4, 0.5) is 0 Å². The summed E-state index contributed by atoms with van der Waals surface area (Å²) in [6, 6.07) is 9.21. The van der Waals surface area contributed by atoms with E-state index in [0.29, 0.717) is 44.6 Å². The van der Waals surface area contributed by atoms with Gasteiger partial charge < -0.3 is 9.47 Å². The monoisotopic (exact) mass is 388 g/mol. The molecule has 1 aromatic heterocycles. The molecule has 1 spiro atoms. The first-order valence-corrected chi connectivity index (χ1v) is 11.0. The van der Waals surface area contributed by atoms with Crippen molar-refractivity contribution in [3.63, 3.8) is 0 Å². The average Bonchev–Trinajstić information content (AvgIpc) is 3.04. The molecule has 3 heterocycles. The molecule has 1 amide bonds. The zero-order chi connectivity index (χ0) is 19.2. The lowest BCUT2D eigenvalue weighted by molar-refractivity contribution is 0.0383. The summed E-state index contributed by atoms with van der Waals surface area (Å²) in [7, 11) is -3.38. The molecule has 0 aliphatic carbocycles. The van der Waals surface area contributed by atoms with Crippen LogP contribution in [0.2, 0.25) is 0 Å². The van der Waals surface area contributed by atoms with Crippen molar-refractivity contribution in [3.8, 4) is 0 Å². The van der Waals surface area contributed by atoms with Gasteiger partial charge in [-0.05, 0) is 31.9 Å². The number of rotatable bonds is 2. The second kappa shape index (κ2) is 6.45. The number of hydrogen-bond acceptors (Lipinski definition) is 4. The lowest BCUT2D eigenvalue weighted by Crippen LogP contribution is -2.59. The van der Waals surface area contributed by atoms with Gasteiger partial charge in [0.2, 0.25) is 10.0 Å². The summed E-state index contributed by atoms with van der Waals surface area (Å²) in [5, 5.41) is 0. The molecule has 1 saturated heterocycles. The Kier molecular flexibility index (Phi) is 4.35. The van der Waals surface area contributed by atoms with Crippen LogP contribution in [0.5, 0.6) is 0 Å². The molecule has 2 aromatic rings. The molecule has 1 fully saturated rings. The van der Waals surface area contributed by atoms with Gasteiger partial charge in [-0.15, -0.1) is 0 Å². The molecule has 0 saturated carbocycles. The summed E-state index contributed by atoms with van der Waals surface area (Å²) >= 11 is 0. The Morgan fingerprint density at radius 2 is 1.74 bits per heavy atom. The van der Waals surface area contributed by atoms with Crippen LogP contribution in [-0.2, 0) is 22.1 Å². The fourth-order valence-corrected chi connectivity index (χ4v) is 5.74. The lowest BCUT2D eigenvalue weighted by atomic mass is 9.85. The number of aryl methyl sites for hydroxylation is 1. The highest BCUT2D eigenvalue weighted by Gasteiger charge is 2.51. The smallest absolute Gasteiger partial charge is 0.253 e. The quantitative estimate of drug-likeness (QED) is 0.783. The summed E-state index contributed by atoms with van der Waals surface area (Å²) < 4.78 is 28.8. The molecule has 4 rings (SSSR count). The van der Waals surface area contributed by atoms with E-state index in [4.69, 9.17) is 0 Å². The highest BCUT2D eigenvalue weighted by molar-refractivity contribution is 7.88. The van der Waals surface area contributed by atoms with Crippen molar-refractivity contribution in [1.82, 2.24) is 18.8 Å². The maximum absolute atomic E-state index is 12.8. The van der Waals surface area contributed by atoms with Gasteiger partial charge in [-0.1, -0.05) is 18.2 Å². The number of hydrogen-bond donors (Lipinski definition) is 0. The second-order valence-corrected chi connectivity index (χ2v) is 9.31. The molecule has 0 N–H and O–H groups in total. The first kappa shape index (κ1) is 18.2. The maximum atomic E-state index is 12.8. The first-order valence-electron chi connectivity index (χ1n) is 9.18. The SMILES string of the molecule is Cc1cnc2n1CCN(S(C)(=O)=O)C21CCN(C(=O)c2ccccc2)CC1. The van der Waals surface area contributed by atoms with Crippen molar-refractivity contribution >= 4 is 15.9 Å². The number of fused-ring (bicyclic) bond motifs is 2. The predicted octanol–water partition coefficient (Wildman–Crippen LogP) is 1.60. The largest absolute Gasteiger partial charge is 0.338 e. The minimum Gasteiger partial charge on any atom is -0.338 e. The van der Waals surface area contributed by atoms with E-state index in [9.17, 15) is 13.2 Å². The van der Waals surface area contributed by atoms with E-state index in [1.807, 2.05) is 48.4 Å².